The van der Waals surface area contributed by atoms with Gasteiger partial charge in [-0.3, -0.25) is 9.59 Å². The first-order valence-corrected chi connectivity index (χ1v) is 7.61. The lowest BCUT2D eigenvalue weighted by Gasteiger charge is -2.46. The van der Waals surface area contributed by atoms with Crippen LogP contribution in [0.3, 0.4) is 0 Å². The second kappa shape index (κ2) is 5.16. The summed E-state index contributed by atoms with van der Waals surface area (Å²) < 4.78 is 1.99. The number of rotatable bonds is 5. The van der Waals surface area contributed by atoms with Crippen molar-refractivity contribution in [1.82, 2.24) is 19.8 Å². The number of aryl methyl sites for hydroxylation is 1. The van der Waals surface area contributed by atoms with Crippen molar-refractivity contribution in [2.24, 2.45) is 5.92 Å². The van der Waals surface area contributed by atoms with Gasteiger partial charge < -0.3 is 14.8 Å². The second-order valence-electron chi connectivity index (χ2n) is 6.26. The summed E-state index contributed by atoms with van der Waals surface area (Å²) in [5.41, 5.74) is -0.668. The molecule has 0 bridgehead atoms. The minimum atomic E-state index is -0.668. The van der Waals surface area contributed by atoms with E-state index in [9.17, 15) is 9.59 Å². The van der Waals surface area contributed by atoms with E-state index in [1.807, 2.05) is 22.6 Å². The van der Waals surface area contributed by atoms with Gasteiger partial charge in [-0.25, -0.2) is 4.98 Å². The van der Waals surface area contributed by atoms with Crippen LogP contribution in [0.25, 0.3) is 0 Å². The van der Waals surface area contributed by atoms with Crippen molar-refractivity contribution in [3.05, 3.63) is 18.7 Å². The number of nitrogens with one attached hydrogen (secondary N) is 1. The van der Waals surface area contributed by atoms with Gasteiger partial charge in [-0.2, -0.15) is 0 Å². The van der Waals surface area contributed by atoms with E-state index in [0.29, 0.717) is 12.5 Å². The summed E-state index contributed by atoms with van der Waals surface area (Å²) in [5, 5.41) is 2.83. The highest BCUT2D eigenvalue weighted by atomic mass is 16.2. The summed E-state index contributed by atoms with van der Waals surface area (Å²) in [7, 11) is 0. The number of carbonyl (C=O) groups excluding carboxylic acids is 2. The summed E-state index contributed by atoms with van der Waals surface area (Å²) >= 11 is 0. The Morgan fingerprint density at radius 3 is 2.76 bits per heavy atom. The number of amides is 2. The number of piperazine rings is 1. The highest BCUT2D eigenvalue weighted by Crippen LogP contribution is 2.44. The maximum atomic E-state index is 12.5. The van der Waals surface area contributed by atoms with Crippen LogP contribution < -0.4 is 5.32 Å². The molecule has 1 aliphatic carbocycles. The van der Waals surface area contributed by atoms with Crippen molar-refractivity contribution < 1.29 is 9.59 Å². The Kier molecular flexibility index (Phi) is 3.47. The third-order valence-electron chi connectivity index (χ3n) is 4.73. The average molecular weight is 290 g/mol. The van der Waals surface area contributed by atoms with Gasteiger partial charge in [0.15, 0.2) is 0 Å². The zero-order valence-electron chi connectivity index (χ0n) is 12.6. The van der Waals surface area contributed by atoms with Gasteiger partial charge in [-0.05, 0) is 39.0 Å². The van der Waals surface area contributed by atoms with Crippen molar-refractivity contribution >= 4 is 11.8 Å². The first-order chi connectivity index (χ1) is 10.0. The van der Waals surface area contributed by atoms with Crippen molar-refractivity contribution in [2.75, 3.05) is 6.54 Å². The van der Waals surface area contributed by atoms with Crippen molar-refractivity contribution in [2.45, 2.75) is 51.2 Å². The first-order valence-electron chi connectivity index (χ1n) is 7.61. The third-order valence-corrected chi connectivity index (χ3v) is 4.73. The molecule has 2 atom stereocenters. The van der Waals surface area contributed by atoms with Crippen LogP contribution in [-0.2, 0) is 16.1 Å². The lowest BCUT2D eigenvalue weighted by atomic mass is 9.88. The molecule has 114 valence electrons. The standard InChI is InChI=1S/C15H22N4O2/c1-11-13(20)19(8-3-7-18-9-6-16-10-18)15(2,12-4-5-12)14(21)17-11/h6,9-12H,3-5,7-8H2,1-2H3,(H,17,21). The quantitative estimate of drug-likeness (QED) is 0.872. The molecule has 1 saturated carbocycles. The molecule has 2 amide bonds. The van der Waals surface area contributed by atoms with Gasteiger partial charge >= 0.3 is 0 Å². The minimum absolute atomic E-state index is 0.000249. The van der Waals surface area contributed by atoms with Crippen LogP contribution in [0, 0.1) is 5.92 Å². The molecule has 1 N–H and O–H groups in total. The van der Waals surface area contributed by atoms with Crippen molar-refractivity contribution in [3.8, 4) is 0 Å². The van der Waals surface area contributed by atoms with Gasteiger partial charge in [-0.15, -0.1) is 0 Å². The highest BCUT2D eigenvalue weighted by molar-refractivity contribution is 5.99. The van der Waals surface area contributed by atoms with Crippen LogP contribution in [0.1, 0.15) is 33.1 Å². The Balaban J connectivity index is 1.71. The number of nitrogens with zero attached hydrogens (tertiary/aromatic N) is 3. The van der Waals surface area contributed by atoms with E-state index in [1.54, 1.807) is 19.4 Å². The third kappa shape index (κ3) is 2.43. The van der Waals surface area contributed by atoms with Crippen LogP contribution in [0.4, 0.5) is 0 Å². The smallest absolute Gasteiger partial charge is 0.246 e. The van der Waals surface area contributed by atoms with Crippen LogP contribution in [0.2, 0.25) is 0 Å². The first kappa shape index (κ1) is 14.1. The molecule has 1 aliphatic heterocycles. The van der Waals surface area contributed by atoms with E-state index in [0.717, 1.165) is 25.8 Å². The van der Waals surface area contributed by atoms with E-state index >= 15 is 0 Å². The molecule has 2 fully saturated rings. The molecule has 1 aromatic heterocycles. The number of hydrogen-bond acceptors (Lipinski definition) is 3. The molecular weight excluding hydrogens is 268 g/mol. The Labute approximate surface area is 124 Å². The molecule has 1 saturated heterocycles. The predicted octanol–water partition coefficient (Wildman–Crippen LogP) is 0.789. The number of aromatic nitrogens is 2. The number of carbonyl (C=O) groups is 2. The fourth-order valence-corrected chi connectivity index (χ4v) is 3.21. The fraction of sp³-hybridized carbons (Fsp3) is 0.667. The van der Waals surface area contributed by atoms with Gasteiger partial charge in [0, 0.05) is 25.5 Å². The maximum Gasteiger partial charge on any atom is 0.246 e. The molecule has 2 aliphatic rings. The fourth-order valence-electron chi connectivity index (χ4n) is 3.21. The van der Waals surface area contributed by atoms with Gasteiger partial charge in [0.1, 0.15) is 11.6 Å². The molecule has 21 heavy (non-hydrogen) atoms. The minimum Gasteiger partial charge on any atom is -0.343 e. The number of hydrogen-bond donors (Lipinski definition) is 1. The Morgan fingerprint density at radius 2 is 2.14 bits per heavy atom. The van der Waals surface area contributed by atoms with Crippen molar-refractivity contribution in [1.29, 1.82) is 0 Å². The normalized spacial score (nSPS) is 29.6. The Hall–Kier alpha value is -1.85. The topological polar surface area (TPSA) is 67.2 Å². The molecule has 0 radical (unpaired) electrons. The van der Waals surface area contributed by atoms with E-state index in [1.165, 1.54) is 0 Å². The second-order valence-corrected chi connectivity index (χ2v) is 6.26. The van der Waals surface area contributed by atoms with Gasteiger partial charge in [0.05, 0.1) is 6.33 Å². The molecule has 0 spiro atoms. The van der Waals surface area contributed by atoms with Gasteiger partial charge in [-0.1, -0.05) is 0 Å². The monoisotopic (exact) mass is 290 g/mol. The maximum absolute atomic E-state index is 12.5. The largest absolute Gasteiger partial charge is 0.343 e. The van der Waals surface area contributed by atoms with Crippen LogP contribution in [0.15, 0.2) is 18.7 Å². The summed E-state index contributed by atoms with van der Waals surface area (Å²) in [6.07, 6.45) is 8.31. The molecule has 2 unspecified atom stereocenters. The zero-order chi connectivity index (χ0) is 15.0. The van der Waals surface area contributed by atoms with E-state index in [-0.39, 0.29) is 11.8 Å². The summed E-state index contributed by atoms with van der Waals surface area (Å²) in [4.78, 5) is 30.8. The van der Waals surface area contributed by atoms with Crippen LogP contribution in [-0.4, -0.2) is 44.4 Å². The molecule has 6 nitrogen and oxygen atoms in total. The van der Waals surface area contributed by atoms with E-state index in [2.05, 4.69) is 10.3 Å². The zero-order valence-corrected chi connectivity index (χ0v) is 12.6. The SMILES string of the molecule is CC1NC(=O)C(C)(C2CC2)N(CCCn2ccnc2)C1=O. The number of imidazole rings is 1. The summed E-state index contributed by atoms with van der Waals surface area (Å²) in [6, 6.07) is -0.419. The van der Waals surface area contributed by atoms with E-state index in [4.69, 9.17) is 0 Å². The van der Waals surface area contributed by atoms with Crippen molar-refractivity contribution in [3.63, 3.8) is 0 Å². The van der Waals surface area contributed by atoms with Gasteiger partial charge in [0.2, 0.25) is 11.8 Å². The molecule has 3 rings (SSSR count). The predicted molar refractivity (Wildman–Crippen MR) is 77.3 cm³/mol. The highest BCUT2D eigenvalue weighted by Gasteiger charge is 2.56. The lowest BCUT2D eigenvalue weighted by molar-refractivity contribution is -0.157. The molecule has 2 heterocycles. The molecule has 0 aromatic carbocycles. The Morgan fingerprint density at radius 1 is 1.38 bits per heavy atom. The molecule has 6 heteroatoms. The Bertz CT molecular complexity index is 538. The van der Waals surface area contributed by atoms with E-state index < -0.39 is 11.6 Å². The lowest BCUT2D eigenvalue weighted by Crippen LogP contribution is -2.70. The van der Waals surface area contributed by atoms with Crippen LogP contribution in [0.5, 0.6) is 0 Å². The molecule has 1 aromatic rings. The van der Waals surface area contributed by atoms with Crippen LogP contribution >= 0.6 is 0 Å². The average Bonchev–Trinajstić information content (AvgIpc) is 3.19. The van der Waals surface area contributed by atoms with Gasteiger partial charge in [0.25, 0.3) is 0 Å². The summed E-state index contributed by atoms with van der Waals surface area (Å²) in [5.74, 6) is 0.344. The summed E-state index contributed by atoms with van der Waals surface area (Å²) in [6.45, 7) is 5.10. The molecular formula is C15H22N4O2.